The van der Waals surface area contributed by atoms with Gasteiger partial charge >= 0.3 is 0 Å². The first-order valence-corrected chi connectivity index (χ1v) is 8.07. The Morgan fingerprint density at radius 1 is 1.41 bits per heavy atom. The largest absolute Gasteiger partial charge is 0.367 e. The second-order valence-electron chi connectivity index (χ2n) is 6.61. The molecule has 118 valence electrons. The van der Waals surface area contributed by atoms with Gasteiger partial charge in [-0.3, -0.25) is 9.59 Å². The van der Waals surface area contributed by atoms with Gasteiger partial charge in [0.2, 0.25) is 0 Å². The highest BCUT2D eigenvalue weighted by Crippen LogP contribution is 2.43. The molecule has 5 nitrogen and oxygen atoms in total. The zero-order chi connectivity index (χ0) is 15.7. The number of hydrazone groups is 1. The van der Waals surface area contributed by atoms with Gasteiger partial charge in [-0.1, -0.05) is 19.3 Å². The zero-order valence-electron chi connectivity index (χ0n) is 13.3. The first-order chi connectivity index (χ1) is 10.5. The van der Waals surface area contributed by atoms with E-state index < -0.39 is 5.41 Å². The summed E-state index contributed by atoms with van der Waals surface area (Å²) in [5.74, 6) is 0.254. The van der Waals surface area contributed by atoms with Gasteiger partial charge < -0.3 is 4.98 Å². The topological polar surface area (TPSA) is 65.5 Å². The van der Waals surface area contributed by atoms with Crippen molar-refractivity contribution in [2.75, 3.05) is 6.54 Å². The van der Waals surface area contributed by atoms with Crippen molar-refractivity contribution in [1.82, 2.24) is 9.99 Å². The van der Waals surface area contributed by atoms with E-state index in [1.165, 1.54) is 24.3 Å². The van der Waals surface area contributed by atoms with Gasteiger partial charge in [0.25, 0.3) is 5.91 Å². The third-order valence-corrected chi connectivity index (χ3v) is 5.34. The first-order valence-electron chi connectivity index (χ1n) is 8.07. The van der Waals surface area contributed by atoms with E-state index in [2.05, 4.69) is 10.1 Å². The van der Waals surface area contributed by atoms with Gasteiger partial charge in [0, 0.05) is 18.0 Å². The van der Waals surface area contributed by atoms with Crippen LogP contribution >= 0.6 is 0 Å². The van der Waals surface area contributed by atoms with Crippen molar-refractivity contribution >= 4 is 17.4 Å². The lowest BCUT2D eigenvalue weighted by atomic mass is 9.67. The van der Waals surface area contributed by atoms with Crippen LogP contribution in [0.4, 0.5) is 0 Å². The Morgan fingerprint density at radius 2 is 2.14 bits per heavy atom. The molecule has 1 amide bonds. The number of aromatic amines is 1. The highest BCUT2D eigenvalue weighted by Gasteiger charge is 2.50. The van der Waals surface area contributed by atoms with Crippen molar-refractivity contribution in [2.24, 2.45) is 16.4 Å². The van der Waals surface area contributed by atoms with Crippen LogP contribution in [-0.4, -0.2) is 33.9 Å². The molecule has 0 radical (unpaired) electrons. The van der Waals surface area contributed by atoms with E-state index in [4.69, 9.17) is 0 Å². The summed E-state index contributed by atoms with van der Waals surface area (Å²) in [6.45, 7) is 3.95. The van der Waals surface area contributed by atoms with Crippen LogP contribution in [0.3, 0.4) is 0 Å². The fourth-order valence-electron chi connectivity index (χ4n) is 3.73. The summed E-state index contributed by atoms with van der Waals surface area (Å²) >= 11 is 0. The second kappa shape index (κ2) is 5.71. The number of rotatable bonds is 4. The van der Waals surface area contributed by atoms with Crippen LogP contribution in [0, 0.1) is 11.3 Å². The molecule has 0 aromatic carbocycles. The molecule has 2 aliphatic rings. The van der Waals surface area contributed by atoms with Gasteiger partial charge in [0.15, 0.2) is 5.78 Å². The highest BCUT2D eigenvalue weighted by atomic mass is 16.2. The molecule has 1 saturated carbocycles. The van der Waals surface area contributed by atoms with Crippen LogP contribution in [0.1, 0.15) is 56.3 Å². The number of hydrogen-bond acceptors (Lipinski definition) is 3. The molecule has 1 unspecified atom stereocenters. The molecule has 0 bridgehead atoms. The van der Waals surface area contributed by atoms with E-state index in [1.807, 2.05) is 13.8 Å². The number of carbonyl (C=O) groups is 2. The lowest BCUT2D eigenvalue weighted by Crippen LogP contribution is -2.44. The molecule has 1 aliphatic carbocycles. The summed E-state index contributed by atoms with van der Waals surface area (Å²) in [6.07, 6.45) is 9.14. The van der Waals surface area contributed by atoms with Crippen molar-refractivity contribution < 1.29 is 9.59 Å². The van der Waals surface area contributed by atoms with Crippen molar-refractivity contribution in [3.63, 3.8) is 0 Å². The van der Waals surface area contributed by atoms with E-state index in [0.717, 1.165) is 18.6 Å². The summed E-state index contributed by atoms with van der Waals surface area (Å²) in [4.78, 5) is 28.0. The molecule has 1 N–H and O–H groups in total. The van der Waals surface area contributed by atoms with E-state index in [-0.39, 0.29) is 18.2 Å². The van der Waals surface area contributed by atoms with Gasteiger partial charge in [-0.15, -0.1) is 0 Å². The maximum atomic E-state index is 12.9. The van der Waals surface area contributed by atoms with Crippen LogP contribution in [0.5, 0.6) is 0 Å². The van der Waals surface area contributed by atoms with E-state index in [9.17, 15) is 9.59 Å². The molecular formula is C17H23N3O2. The van der Waals surface area contributed by atoms with Gasteiger partial charge in [-0.25, -0.2) is 5.01 Å². The molecule has 1 fully saturated rings. The molecular weight excluding hydrogens is 278 g/mol. The van der Waals surface area contributed by atoms with E-state index >= 15 is 0 Å². The Bertz CT molecular complexity index is 599. The summed E-state index contributed by atoms with van der Waals surface area (Å²) < 4.78 is 0. The first kappa shape index (κ1) is 15.0. The lowest BCUT2D eigenvalue weighted by molar-refractivity contribution is -0.137. The smallest absolute Gasteiger partial charge is 0.255 e. The molecule has 1 aromatic heterocycles. The average Bonchev–Trinajstić information content (AvgIpc) is 3.13. The van der Waals surface area contributed by atoms with Gasteiger partial charge in [0.1, 0.15) is 6.54 Å². The Balaban J connectivity index is 1.76. The van der Waals surface area contributed by atoms with Crippen molar-refractivity contribution in [2.45, 2.75) is 46.0 Å². The van der Waals surface area contributed by atoms with Crippen molar-refractivity contribution in [3.8, 4) is 0 Å². The maximum Gasteiger partial charge on any atom is 0.255 e. The minimum atomic E-state index is -0.529. The Hall–Kier alpha value is -1.91. The van der Waals surface area contributed by atoms with Crippen molar-refractivity contribution in [3.05, 3.63) is 24.0 Å². The number of nitrogens with one attached hydrogen (secondary N) is 1. The minimum absolute atomic E-state index is 0.0132. The highest BCUT2D eigenvalue weighted by molar-refractivity contribution is 6.12. The summed E-state index contributed by atoms with van der Waals surface area (Å²) in [6, 6.07) is 1.72. The minimum Gasteiger partial charge on any atom is -0.367 e. The number of hydrogen-bond donors (Lipinski definition) is 1. The number of nitrogens with zero attached hydrogens (tertiary/aromatic N) is 2. The van der Waals surface area contributed by atoms with E-state index in [0.29, 0.717) is 11.5 Å². The van der Waals surface area contributed by atoms with Crippen LogP contribution in [0.25, 0.3) is 0 Å². The van der Waals surface area contributed by atoms with Crippen LogP contribution in [0.15, 0.2) is 23.6 Å². The number of H-pyrrole nitrogens is 1. The van der Waals surface area contributed by atoms with Gasteiger partial charge in [0.05, 0.1) is 11.1 Å². The molecule has 1 aliphatic heterocycles. The Labute approximate surface area is 130 Å². The summed E-state index contributed by atoms with van der Waals surface area (Å²) in [5.41, 5.74) is 0.914. The SMILES string of the molecule is CC1=NN(CC(=O)c2cc[nH]c2)C(=O)C1(C)C1CCCCC1. The molecule has 5 heteroatoms. The molecule has 1 atom stereocenters. The normalized spacial score (nSPS) is 26.4. The molecule has 2 heterocycles. The number of amides is 1. The summed E-state index contributed by atoms with van der Waals surface area (Å²) in [7, 11) is 0. The van der Waals surface area contributed by atoms with Crippen LogP contribution in [-0.2, 0) is 4.79 Å². The third kappa shape index (κ3) is 2.38. The van der Waals surface area contributed by atoms with Crippen molar-refractivity contribution in [1.29, 1.82) is 0 Å². The predicted molar refractivity (Wildman–Crippen MR) is 84.6 cm³/mol. The maximum absolute atomic E-state index is 12.9. The number of carbonyl (C=O) groups excluding carboxylic acids is 2. The van der Waals surface area contributed by atoms with Crippen LogP contribution in [0.2, 0.25) is 0 Å². The molecule has 3 rings (SSSR count). The fourth-order valence-corrected chi connectivity index (χ4v) is 3.73. The second-order valence-corrected chi connectivity index (χ2v) is 6.61. The predicted octanol–water partition coefficient (Wildman–Crippen LogP) is 3.00. The summed E-state index contributed by atoms with van der Waals surface area (Å²) in [5, 5.41) is 5.79. The van der Waals surface area contributed by atoms with Gasteiger partial charge in [-0.05, 0) is 38.7 Å². The van der Waals surface area contributed by atoms with Crippen LogP contribution < -0.4 is 0 Å². The quantitative estimate of drug-likeness (QED) is 0.869. The molecule has 0 spiro atoms. The third-order valence-electron chi connectivity index (χ3n) is 5.34. The monoisotopic (exact) mass is 301 g/mol. The molecule has 1 aromatic rings. The zero-order valence-corrected chi connectivity index (χ0v) is 13.3. The van der Waals surface area contributed by atoms with Gasteiger partial charge in [-0.2, -0.15) is 5.10 Å². The Morgan fingerprint density at radius 3 is 2.77 bits per heavy atom. The fraction of sp³-hybridized carbons (Fsp3) is 0.588. The number of aromatic nitrogens is 1. The van der Waals surface area contributed by atoms with E-state index in [1.54, 1.807) is 18.5 Å². The standard InChI is InChI=1S/C17H23N3O2/c1-12-17(2,14-6-4-3-5-7-14)16(22)20(19-12)11-15(21)13-8-9-18-10-13/h8-10,14,18H,3-7,11H2,1-2H3. The number of ketones is 1. The molecule has 0 saturated heterocycles. The average molecular weight is 301 g/mol. The molecule has 22 heavy (non-hydrogen) atoms. The lowest BCUT2D eigenvalue weighted by Gasteiger charge is -2.35. The Kier molecular flexibility index (Phi) is 3.89. The number of Topliss-reactive ketones (excluding diaryl/α,β-unsaturated/α-hetero) is 1.